The van der Waals surface area contributed by atoms with Crippen LogP contribution in [0.1, 0.15) is 16.8 Å². The van der Waals surface area contributed by atoms with Gasteiger partial charge in [0.05, 0.1) is 12.8 Å². The maximum atomic E-state index is 14.1. The molecule has 0 spiro atoms. The van der Waals surface area contributed by atoms with Gasteiger partial charge in [0.25, 0.3) is 0 Å². The van der Waals surface area contributed by atoms with E-state index in [-0.39, 0.29) is 5.82 Å². The molecule has 0 N–H and O–H groups in total. The summed E-state index contributed by atoms with van der Waals surface area (Å²) in [7, 11) is 1.59. The van der Waals surface area contributed by atoms with E-state index in [0.717, 1.165) is 42.2 Å². The molecule has 2 aromatic carbocycles. The second-order valence-corrected chi connectivity index (χ2v) is 6.45. The minimum absolute atomic E-state index is 0.202. The molecule has 26 heavy (non-hydrogen) atoms. The molecule has 132 valence electrons. The maximum Gasteiger partial charge on any atom is 0.159 e. The highest BCUT2D eigenvalue weighted by Gasteiger charge is 2.20. The fourth-order valence-corrected chi connectivity index (χ4v) is 3.28. The summed E-state index contributed by atoms with van der Waals surface area (Å²) >= 11 is 0. The van der Waals surface area contributed by atoms with Crippen LogP contribution in [0.15, 0.2) is 54.7 Å². The number of benzene rings is 2. The standard InChI is InChI=1S/C21H20FN3O/c1-26-18-7-8-19(22)16(11-18)13-25-10-9-20-17(14-25)12-23-21(24-20)15-5-3-2-4-6-15/h2-8,11-12H,9-10,13-14H2,1H3. The Kier molecular flexibility index (Phi) is 4.63. The number of ether oxygens (including phenoxy) is 1. The number of hydrogen-bond donors (Lipinski definition) is 0. The zero-order valence-electron chi connectivity index (χ0n) is 14.7. The summed E-state index contributed by atoms with van der Waals surface area (Å²) in [6, 6.07) is 14.9. The summed E-state index contributed by atoms with van der Waals surface area (Å²) in [4.78, 5) is 11.5. The van der Waals surface area contributed by atoms with E-state index in [0.29, 0.717) is 17.9 Å². The number of rotatable bonds is 4. The molecule has 0 saturated carbocycles. The average molecular weight is 349 g/mol. The van der Waals surface area contributed by atoms with Crippen LogP contribution in [0, 0.1) is 5.82 Å². The molecule has 3 aromatic rings. The van der Waals surface area contributed by atoms with Crippen LogP contribution in [0.5, 0.6) is 5.75 Å². The zero-order chi connectivity index (χ0) is 17.9. The van der Waals surface area contributed by atoms with E-state index in [1.807, 2.05) is 36.5 Å². The Morgan fingerprint density at radius 3 is 2.81 bits per heavy atom. The van der Waals surface area contributed by atoms with Gasteiger partial charge in [-0.2, -0.15) is 0 Å². The Morgan fingerprint density at radius 1 is 1.15 bits per heavy atom. The van der Waals surface area contributed by atoms with Crippen molar-refractivity contribution in [3.8, 4) is 17.1 Å². The van der Waals surface area contributed by atoms with Crippen molar-refractivity contribution in [2.24, 2.45) is 0 Å². The Labute approximate surface area is 152 Å². The van der Waals surface area contributed by atoms with Crippen molar-refractivity contribution < 1.29 is 9.13 Å². The molecule has 0 bridgehead atoms. The molecule has 0 unspecified atom stereocenters. The third kappa shape index (κ3) is 3.44. The van der Waals surface area contributed by atoms with Crippen LogP contribution in [0.25, 0.3) is 11.4 Å². The van der Waals surface area contributed by atoms with Gasteiger partial charge in [0.1, 0.15) is 11.6 Å². The number of halogens is 1. The van der Waals surface area contributed by atoms with Crippen molar-refractivity contribution in [1.29, 1.82) is 0 Å². The fourth-order valence-electron chi connectivity index (χ4n) is 3.28. The molecule has 1 aromatic heterocycles. The molecule has 0 radical (unpaired) electrons. The van der Waals surface area contributed by atoms with Gasteiger partial charge in [0, 0.05) is 48.9 Å². The van der Waals surface area contributed by atoms with Crippen LogP contribution >= 0.6 is 0 Å². The van der Waals surface area contributed by atoms with Gasteiger partial charge in [-0.25, -0.2) is 14.4 Å². The minimum Gasteiger partial charge on any atom is -0.497 e. The summed E-state index contributed by atoms with van der Waals surface area (Å²) in [6.45, 7) is 2.11. The number of aromatic nitrogens is 2. The van der Waals surface area contributed by atoms with Crippen LogP contribution in [-0.4, -0.2) is 28.5 Å². The summed E-state index contributed by atoms with van der Waals surface area (Å²) < 4.78 is 19.3. The lowest BCUT2D eigenvalue weighted by atomic mass is 10.1. The molecule has 4 rings (SSSR count). The maximum absolute atomic E-state index is 14.1. The normalized spacial score (nSPS) is 14.1. The van der Waals surface area contributed by atoms with Crippen LogP contribution in [0.2, 0.25) is 0 Å². The number of nitrogens with zero attached hydrogens (tertiary/aromatic N) is 3. The van der Waals surface area contributed by atoms with Gasteiger partial charge in [-0.3, -0.25) is 4.90 Å². The molecule has 0 aliphatic carbocycles. The highest BCUT2D eigenvalue weighted by atomic mass is 19.1. The highest BCUT2D eigenvalue weighted by molar-refractivity contribution is 5.54. The van der Waals surface area contributed by atoms with Crippen molar-refractivity contribution in [1.82, 2.24) is 14.9 Å². The lowest BCUT2D eigenvalue weighted by molar-refractivity contribution is 0.239. The smallest absolute Gasteiger partial charge is 0.159 e. The van der Waals surface area contributed by atoms with E-state index >= 15 is 0 Å². The van der Waals surface area contributed by atoms with E-state index in [9.17, 15) is 4.39 Å². The van der Waals surface area contributed by atoms with Gasteiger partial charge in [-0.15, -0.1) is 0 Å². The van der Waals surface area contributed by atoms with Crippen LogP contribution in [-0.2, 0) is 19.5 Å². The summed E-state index contributed by atoms with van der Waals surface area (Å²) in [6.07, 6.45) is 2.74. The van der Waals surface area contributed by atoms with Gasteiger partial charge < -0.3 is 4.74 Å². The first-order valence-corrected chi connectivity index (χ1v) is 8.68. The number of hydrogen-bond acceptors (Lipinski definition) is 4. The Bertz CT molecular complexity index is 914. The Morgan fingerprint density at radius 2 is 2.00 bits per heavy atom. The van der Waals surface area contributed by atoms with E-state index in [2.05, 4.69) is 9.88 Å². The van der Waals surface area contributed by atoms with Crippen molar-refractivity contribution in [3.05, 3.63) is 77.4 Å². The van der Waals surface area contributed by atoms with E-state index < -0.39 is 0 Å². The summed E-state index contributed by atoms with van der Waals surface area (Å²) in [5, 5.41) is 0. The van der Waals surface area contributed by atoms with E-state index in [1.54, 1.807) is 19.2 Å². The van der Waals surface area contributed by atoms with Crippen molar-refractivity contribution in [2.75, 3.05) is 13.7 Å². The lowest BCUT2D eigenvalue weighted by Crippen LogP contribution is -2.31. The lowest BCUT2D eigenvalue weighted by Gasteiger charge is -2.28. The molecule has 4 nitrogen and oxygen atoms in total. The first-order chi connectivity index (χ1) is 12.7. The molecule has 0 fully saturated rings. The van der Waals surface area contributed by atoms with Gasteiger partial charge in [0.2, 0.25) is 0 Å². The minimum atomic E-state index is -0.202. The van der Waals surface area contributed by atoms with Gasteiger partial charge in [0.15, 0.2) is 5.82 Å². The van der Waals surface area contributed by atoms with Gasteiger partial charge in [-0.05, 0) is 18.2 Å². The van der Waals surface area contributed by atoms with Crippen LogP contribution in [0.4, 0.5) is 4.39 Å². The highest BCUT2D eigenvalue weighted by Crippen LogP contribution is 2.24. The SMILES string of the molecule is COc1ccc(F)c(CN2CCc3nc(-c4ccccc4)ncc3C2)c1. The quantitative estimate of drug-likeness (QED) is 0.717. The van der Waals surface area contributed by atoms with Crippen LogP contribution in [0.3, 0.4) is 0 Å². The zero-order valence-corrected chi connectivity index (χ0v) is 14.7. The van der Waals surface area contributed by atoms with Crippen molar-refractivity contribution >= 4 is 0 Å². The molecule has 1 aliphatic heterocycles. The summed E-state index contributed by atoms with van der Waals surface area (Å²) in [5.74, 6) is 1.23. The predicted molar refractivity (Wildman–Crippen MR) is 98.2 cm³/mol. The molecule has 0 saturated heterocycles. The Hall–Kier alpha value is -2.79. The number of fused-ring (bicyclic) bond motifs is 1. The molecular weight excluding hydrogens is 329 g/mol. The fraction of sp³-hybridized carbons (Fsp3) is 0.238. The first kappa shape index (κ1) is 16.7. The topological polar surface area (TPSA) is 38.2 Å². The van der Waals surface area contributed by atoms with Gasteiger partial charge in [-0.1, -0.05) is 30.3 Å². The monoisotopic (exact) mass is 349 g/mol. The average Bonchev–Trinajstić information content (AvgIpc) is 2.70. The molecule has 0 atom stereocenters. The summed E-state index contributed by atoms with van der Waals surface area (Å²) in [5.41, 5.74) is 3.87. The second kappa shape index (κ2) is 7.22. The number of methoxy groups -OCH3 is 1. The Balaban J connectivity index is 1.52. The van der Waals surface area contributed by atoms with Crippen molar-refractivity contribution in [3.63, 3.8) is 0 Å². The predicted octanol–water partition coefficient (Wildman–Crippen LogP) is 3.85. The molecule has 0 amide bonds. The third-order valence-electron chi connectivity index (χ3n) is 4.69. The molecule has 1 aliphatic rings. The second-order valence-electron chi connectivity index (χ2n) is 6.45. The molecular formula is C21H20FN3O. The van der Waals surface area contributed by atoms with E-state index in [1.165, 1.54) is 6.07 Å². The van der Waals surface area contributed by atoms with Crippen molar-refractivity contribution in [2.45, 2.75) is 19.5 Å². The van der Waals surface area contributed by atoms with Gasteiger partial charge >= 0.3 is 0 Å². The largest absolute Gasteiger partial charge is 0.497 e. The van der Waals surface area contributed by atoms with Crippen LogP contribution < -0.4 is 4.74 Å². The molecule has 5 heteroatoms. The van der Waals surface area contributed by atoms with E-state index in [4.69, 9.17) is 9.72 Å². The first-order valence-electron chi connectivity index (χ1n) is 8.68. The molecule has 2 heterocycles. The third-order valence-corrected chi connectivity index (χ3v) is 4.69.